The van der Waals surface area contributed by atoms with Crippen molar-refractivity contribution in [1.29, 1.82) is 5.26 Å². The Morgan fingerprint density at radius 2 is 2.11 bits per heavy atom. The number of nitrogens with one attached hydrogen (secondary N) is 1. The molecule has 3 heterocycles. The first-order valence-electron chi connectivity index (χ1n) is 11.4. The van der Waals surface area contributed by atoms with Crippen LogP contribution in [0.4, 0.5) is 22.4 Å². The maximum absolute atomic E-state index is 15.3. The van der Waals surface area contributed by atoms with E-state index in [0.29, 0.717) is 15.3 Å². The fourth-order valence-electron chi connectivity index (χ4n) is 4.41. The first-order chi connectivity index (χ1) is 18.0. The van der Waals surface area contributed by atoms with Crippen molar-refractivity contribution < 1.29 is 32.3 Å². The molecule has 0 saturated carbocycles. The van der Waals surface area contributed by atoms with Crippen molar-refractivity contribution in [2.45, 2.75) is 32.1 Å². The van der Waals surface area contributed by atoms with Crippen molar-refractivity contribution in [3.05, 3.63) is 75.0 Å². The van der Waals surface area contributed by atoms with Crippen LogP contribution >= 0.6 is 11.3 Å². The third kappa shape index (κ3) is 5.40. The quantitative estimate of drug-likeness (QED) is 0.335. The lowest BCUT2D eigenvalue weighted by atomic mass is 9.83. The molecule has 1 aliphatic rings. The van der Waals surface area contributed by atoms with Crippen LogP contribution in [-0.4, -0.2) is 44.9 Å². The number of hydrogen-bond acceptors (Lipinski definition) is 5. The summed E-state index contributed by atoms with van der Waals surface area (Å²) < 4.78 is 58.2. The van der Waals surface area contributed by atoms with E-state index in [-0.39, 0.29) is 37.3 Å². The monoisotopic (exact) mass is 547 g/mol. The fraction of sp³-hybridized carbons (Fsp3) is 0.280. The number of carboxylic acid groups (broad SMARTS) is 1. The molecular formula is C25H21F4N5O3S. The Morgan fingerprint density at radius 1 is 1.34 bits per heavy atom. The van der Waals surface area contributed by atoms with Crippen molar-refractivity contribution in [1.82, 2.24) is 20.0 Å². The highest BCUT2D eigenvalue weighted by atomic mass is 32.1. The Morgan fingerprint density at radius 3 is 2.76 bits per heavy atom. The topological polar surface area (TPSA) is 111 Å². The van der Waals surface area contributed by atoms with Crippen LogP contribution in [0.15, 0.2) is 42.6 Å². The average Bonchev–Trinajstić information content (AvgIpc) is 3.49. The number of halogens is 4. The molecule has 1 aromatic carbocycles. The van der Waals surface area contributed by atoms with E-state index in [1.807, 2.05) is 0 Å². The maximum Gasteiger partial charge on any atom is 0.435 e. The summed E-state index contributed by atoms with van der Waals surface area (Å²) in [7, 11) is 0. The molecule has 38 heavy (non-hydrogen) atoms. The molecule has 1 aliphatic heterocycles. The number of thiophene rings is 1. The summed E-state index contributed by atoms with van der Waals surface area (Å²) in [4.78, 5) is 26.0. The van der Waals surface area contributed by atoms with E-state index in [9.17, 15) is 28.0 Å². The van der Waals surface area contributed by atoms with Gasteiger partial charge in [-0.3, -0.25) is 9.48 Å². The van der Waals surface area contributed by atoms with Gasteiger partial charge in [0, 0.05) is 53.8 Å². The van der Waals surface area contributed by atoms with Gasteiger partial charge in [-0.1, -0.05) is 18.2 Å². The summed E-state index contributed by atoms with van der Waals surface area (Å²) in [5.74, 6) is -2.07. The molecule has 0 aliphatic carbocycles. The molecule has 0 bridgehead atoms. The van der Waals surface area contributed by atoms with E-state index >= 15 is 4.39 Å². The van der Waals surface area contributed by atoms with E-state index in [1.165, 1.54) is 29.2 Å². The summed E-state index contributed by atoms with van der Waals surface area (Å²) >= 11 is 1.15. The van der Waals surface area contributed by atoms with E-state index in [2.05, 4.69) is 16.5 Å². The number of alkyl halides is 3. The highest BCUT2D eigenvalue weighted by Gasteiger charge is 2.40. The van der Waals surface area contributed by atoms with E-state index in [0.717, 1.165) is 28.3 Å². The minimum Gasteiger partial charge on any atom is -0.465 e. The summed E-state index contributed by atoms with van der Waals surface area (Å²) in [5, 5.41) is 23.9. The van der Waals surface area contributed by atoms with Gasteiger partial charge in [-0.15, -0.1) is 11.3 Å². The number of fused-ring (bicyclic) bond motifs is 1. The molecule has 0 spiro atoms. The van der Waals surface area contributed by atoms with Gasteiger partial charge in [0.25, 0.3) is 0 Å². The van der Waals surface area contributed by atoms with Crippen LogP contribution in [0.2, 0.25) is 0 Å². The highest BCUT2D eigenvalue weighted by Crippen LogP contribution is 2.45. The number of nitriles is 1. The van der Waals surface area contributed by atoms with E-state index in [4.69, 9.17) is 5.11 Å². The van der Waals surface area contributed by atoms with Gasteiger partial charge in [0.2, 0.25) is 5.91 Å². The molecule has 1 atom stereocenters. The lowest BCUT2D eigenvalue weighted by molar-refractivity contribution is -0.141. The molecule has 0 unspecified atom stereocenters. The second kappa shape index (κ2) is 10.7. The molecule has 2 N–H and O–H groups in total. The van der Waals surface area contributed by atoms with Gasteiger partial charge >= 0.3 is 12.3 Å². The zero-order valence-corrected chi connectivity index (χ0v) is 20.7. The molecule has 0 saturated heterocycles. The largest absolute Gasteiger partial charge is 0.465 e. The van der Waals surface area contributed by atoms with Crippen molar-refractivity contribution in [2.24, 2.45) is 0 Å². The van der Waals surface area contributed by atoms with Crippen LogP contribution in [0.5, 0.6) is 0 Å². The molecule has 8 nitrogen and oxygen atoms in total. The molecule has 4 rings (SSSR count). The molecule has 2 amide bonds. The summed E-state index contributed by atoms with van der Waals surface area (Å²) in [6.07, 6.45) is -2.41. The SMILES string of the molecule is CCn1cc(-c2c(F)cccc2[C@@H]2CN(C(=O)/C=C/CNC(=O)O)Cc3sc(C#N)cc32)c(C(F)(F)F)n1. The Kier molecular flexibility index (Phi) is 7.54. The molecule has 0 fully saturated rings. The van der Waals surface area contributed by atoms with Crippen molar-refractivity contribution in [2.75, 3.05) is 13.1 Å². The van der Waals surface area contributed by atoms with Crippen LogP contribution in [0, 0.1) is 17.1 Å². The Balaban J connectivity index is 1.82. The number of nitrogens with zero attached hydrogens (tertiary/aromatic N) is 4. The molecular weight excluding hydrogens is 526 g/mol. The molecule has 0 radical (unpaired) electrons. The predicted molar refractivity (Wildman–Crippen MR) is 130 cm³/mol. The zero-order chi connectivity index (χ0) is 27.6. The number of amides is 2. The molecule has 198 valence electrons. The first-order valence-corrected chi connectivity index (χ1v) is 12.2. The van der Waals surface area contributed by atoms with Gasteiger partial charge in [-0.25, -0.2) is 9.18 Å². The number of rotatable bonds is 6. The molecule has 2 aromatic heterocycles. The van der Waals surface area contributed by atoms with Crippen LogP contribution in [0.3, 0.4) is 0 Å². The van der Waals surface area contributed by atoms with Crippen LogP contribution in [0.1, 0.15) is 39.4 Å². The number of aryl methyl sites for hydroxylation is 1. The van der Waals surface area contributed by atoms with Crippen LogP contribution in [0.25, 0.3) is 11.1 Å². The fourth-order valence-corrected chi connectivity index (χ4v) is 5.45. The van der Waals surface area contributed by atoms with Crippen molar-refractivity contribution in [3.63, 3.8) is 0 Å². The summed E-state index contributed by atoms with van der Waals surface area (Å²) in [5.41, 5.74) is -1.03. The third-order valence-corrected chi connectivity index (χ3v) is 7.09. The normalized spacial score (nSPS) is 15.4. The number of hydrogen-bond donors (Lipinski definition) is 2. The van der Waals surface area contributed by atoms with Gasteiger partial charge in [-0.05, 0) is 30.2 Å². The third-order valence-electron chi connectivity index (χ3n) is 6.05. The van der Waals surface area contributed by atoms with Gasteiger partial charge in [0.15, 0.2) is 5.69 Å². The standard InChI is InChI=1S/C25H21F4N5O3S/c1-2-34-12-18(23(32-34)25(27,28)29)22-15(5-3-6-19(22)26)17-11-33(21(35)7-4-8-31-24(36)37)13-20-16(17)9-14(10-30)38-20/h3-7,9,12,17,31H,2,8,11,13H2,1H3,(H,36,37)/b7-4+/t17-/m0/s1. The van der Waals surface area contributed by atoms with E-state index < -0.39 is 41.2 Å². The Labute approximate surface area is 218 Å². The predicted octanol–water partition coefficient (Wildman–Crippen LogP) is 4.96. The summed E-state index contributed by atoms with van der Waals surface area (Å²) in [6.45, 7) is 1.80. The van der Waals surface area contributed by atoms with Crippen LogP contribution < -0.4 is 5.32 Å². The molecule has 13 heteroatoms. The lowest BCUT2D eigenvalue weighted by Crippen LogP contribution is -2.37. The second-order valence-corrected chi connectivity index (χ2v) is 9.55. The highest BCUT2D eigenvalue weighted by molar-refractivity contribution is 7.12. The minimum absolute atomic E-state index is 0.00382. The Bertz CT molecular complexity index is 1450. The number of carbonyl (C=O) groups excluding carboxylic acids is 1. The second-order valence-electron chi connectivity index (χ2n) is 8.41. The van der Waals surface area contributed by atoms with Crippen molar-refractivity contribution in [3.8, 4) is 17.2 Å². The van der Waals surface area contributed by atoms with Gasteiger partial charge in [0.05, 0.1) is 6.54 Å². The smallest absolute Gasteiger partial charge is 0.435 e. The zero-order valence-electron chi connectivity index (χ0n) is 19.9. The first kappa shape index (κ1) is 26.9. The number of carbonyl (C=O) groups is 2. The van der Waals surface area contributed by atoms with E-state index in [1.54, 1.807) is 13.0 Å². The van der Waals surface area contributed by atoms with Crippen molar-refractivity contribution >= 4 is 23.3 Å². The maximum atomic E-state index is 15.3. The number of aromatic nitrogens is 2. The minimum atomic E-state index is -4.83. The average molecular weight is 548 g/mol. The van der Waals surface area contributed by atoms with Gasteiger partial charge in [0.1, 0.15) is 16.8 Å². The molecule has 3 aromatic rings. The Hall–Kier alpha value is -4.18. The summed E-state index contributed by atoms with van der Waals surface area (Å²) in [6, 6.07) is 7.65. The van der Waals surface area contributed by atoms with Gasteiger partial charge in [-0.2, -0.15) is 23.5 Å². The lowest BCUT2D eigenvalue weighted by Gasteiger charge is -2.33. The van der Waals surface area contributed by atoms with Gasteiger partial charge < -0.3 is 15.3 Å². The number of benzene rings is 1. The van der Waals surface area contributed by atoms with Crippen LogP contribution in [-0.2, 0) is 24.1 Å².